The first kappa shape index (κ1) is 30.9. The van der Waals surface area contributed by atoms with Crippen molar-refractivity contribution in [1.82, 2.24) is 0 Å². The van der Waals surface area contributed by atoms with Gasteiger partial charge in [-0.05, 0) is 38.5 Å². The number of rotatable bonds is 19. The Bertz CT molecular complexity index is 599. The van der Waals surface area contributed by atoms with Crippen molar-refractivity contribution in [3.63, 3.8) is 0 Å². The van der Waals surface area contributed by atoms with Crippen LogP contribution in [0.2, 0.25) is 0 Å². The average molecular weight is 481 g/mol. The van der Waals surface area contributed by atoms with Gasteiger partial charge in [-0.2, -0.15) is 0 Å². The Kier molecular flexibility index (Phi) is 15.7. The van der Waals surface area contributed by atoms with E-state index in [4.69, 9.17) is 18.9 Å². The molecule has 34 heavy (non-hydrogen) atoms. The smallest absolute Gasteiger partial charge is 0.338 e. The van der Waals surface area contributed by atoms with Crippen molar-refractivity contribution in [2.45, 2.75) is 135 Å². The fourth-order valence-electron chi connectivity index (χ4n) is 4.20. The van der Waals surface area contributed by atoms with E-state index in [1.807, 2.05) is 6.08 Å². The summed E-state index contributed by atoms with van der Waals surface area (Å²) >= 11 is 0. The summed E-state index contributed by atoms with van der Waals surface area (Å²) < 4.78 is 22.2. The molecule has 1 fully saturated rings. The quantitative estimate of drug-likeness (QED) is 0.107. The van der Waals surface area contributed by atoms with Crippen LogP contribution in [-0.2, 0) is 23.7 Å². The number of unbranched alkanes of at least 4 members (excludes halogenated alkanes) is 12. The van der Waals surface area contributed by atoms with Gasteiger partial charge < -0.3 is 18.9 Å². The number of methoxy groups -OCH3 is 2. The number of carbonyl (C=O) groups is 1. The standard InChI is InChI=1S/C29H52O5/c1-25(2)23-21-19-17-15-13-11-9-7-8-10-12-14-16-18-20-22-24-26-27(30)34-29(4,32-6)28(3,31-5)33-26/h20-23,25-26H,7-19,24H2,1-6H3/b22-20+,23-21+/t26-,28+,29+/m1/s1. The van der Waals surface area contributed by atoms with Gasteiger partial charge in [0.2, 0.25) is 5.79 Å². The second-order valence-electron chi connectivity index (χ2n) is 10.2. The van der Waals surface area contributed by atoms with Crippen molar-refractivity contribution in [2.75, 3.05) is 14.2 Å². The summed E-state index contributed by atoms with van der Waals surface area (Å²) in [4.78, 5) is 12.3. The van der Waals surface area contributed by atoms with E-state index in [1.54, 1.807) is 13.8 Å². The maximum atomic E-state index is 12.3. The lowest BCUT2D eigenvalue weighted by atomic mass is 10.0. The molecular formula is C29H52O5. The van der Waals surface area contributed by atoms with Gasteiger partial charge in [0.05, 0.1) is 0 Å². The number of cyclic esters (lactones) is 1. The maximum absolute atomic E-state index is 12.3. The lowest BCUT2D eigenvalue weighted by molar-refractivity contribution is -0.405. The van der Waals surface area contributed by atoms with E-state index in [0.29, 0.717) is 12.3 Å². The molecule has 0 amide bonds. The summed E-state index contributed by atoms with van der Waals surface area (Å²) in [5.74, 6) is -2.13. The predicted molar refractivity (Wildman–Crippen MR) is 140 cm³/mol. The minimum absolute atomic E-state index is 0.415. The summed E-state index contributed by atoms with van der Waals surface area (Å²) in [6, 6.07) is 0. The molecule has 0 bridgehead atoms. The minimum atomic E-state index is -1.26. The molecule has 0 N–H and O–H groups in total. The molecule has 0 spiro atoms. The van der Waals surface area contributed by atoms with Gasteiger partial charge >= 0.3 is 5.97 Å². The van der Waals surface area contributed by atoms with Crippen molar-refractivity contribution in [3.05, 3.63) is 24.3 Å². The summed E-state index contributed by atoms with van der Waals surface area (Å²) in [5.41, 5.74) is 0. The SMILES string of the molecule is CO[C@@]1(C)OC(=O)[C@@H](C/C=C/CCCCCCCCCCCCC/C=C/C(C)C)O[C@]1(C)OC. The molecule has 1 saturated heterocycles. The molecular weight excluding hydrogens is 428 g/mol. The highest BCUT2D eigenvalue weighted by molar-refractivity contribution is 5.76. The van der Waals surface area contributed by atoms with Crippen molar-refractivity contribution in [2.24, 2.45) is 5.92 Å². The van der Waals surface area contributed by atoms with Crippen LogP contribution in [-0.4, -0.2) is 37.9 Å². The number of ether oxygens (including phenoxy) is 4. The van der Waals surface area contributed by atoms with E-state index in [9.17, 15) is 4.79 Å². The number of hydrogen-bond acceptors (Lipinski definition) is 5. The molecule has 5 nitrogen and oxygen atoms in total. The number of esters is 1. The molecule has 1 aliphatic rings. The van der Waals surface area contributed by atoms with Crippen molar-refractivity contribution >= 4 is 5.97 Å². The zero-order valence-corrected chi connectivity index (χ0v) is 22.9. The lowest BCUT2D eigenvalue weighted by Gasteiger charge is -2.47. The molecule has 198 valence electrons. The van der Waals surface area contributed by atoms with Gasteiger partial charge in [-0.1, -0.05) is 95.9 Å². The van der Waals surface area contributed by atoms with Crippen LogP contribution in [0.3, 0.4) is 0 Å². The van der Waals surface area contributed by atoms with Gasteiger partial charge in [0.1, 0.15) is 0 Å². The Morgan fingerprint density at radius 1 is 0.765 bits per heavy atom. The average Bonchev–Trinajstić information content (AvgIpc) is 2.81. The van der Waals surface area contributed by atoms with Crippen LogP contribution in [0.4, 0.5) is 0 Å². The number of carbonyl (C=O) groups excluding carboxylic acids is 1. The Balaban J connectivity index is 1.99. The maximum Gasteiger partial charge on any atom is 0.338 e. The van der Waals surface area contributed by atoms with Gasteiger partial charge in [-0.3, -0.25) is 0 Å². The van der Waals surface area contributed by atoms with Crippen LogP contribution in [0.5, 0.6) is 0 Å². The summed E-state index contributed by atoms with van der Waals surface area (Å²) in [7, 11) is 3.00. The van der Waals surface area contributed by atoms with Gasteiger partial charge in [0, 0.05) is 27.6 Å². The second kappa shape index (κ2) is 17.3. The predicted octanol–water partition coefficient (Wildman–Crippen LogP) is 7.88. The summed E-state index contributed by atoms with van der Waals surface area (Å²) in [5, 5.41) is 0. The largest absolute Gasteiger partial charge is 0.425 e. The van der Waals surface area contributed by atoms with Crippen molar-refractivity contribution in [3.8, 4) is 0 Å². The Labute approximate surface area is 209 Å². The molecule has 0 aliphatic carbocycles. The van der Waals surface area contributed by atoms with Crippen LogP contribution in [0.15, 0.2) is 24.3 Å². The van der Waals surface area contributed by atoms with E-state index in [1.165, 1.54) is 91.3 Å². The van der Waals surface area contributed by atoms with Gasteiger partial charge in [-0.15, -0.1) is 0 Å². The second-order valence-corrected chi connectivity index (χ2v) is 10.2. The topological polar surface area (TPSA) is 54.0 Å². The monoisotopic (exact) mass is 480 g/mol. The zero-order valence-electron chi connectivity index (χ0n) is 22.9. The third-order valence-electron chi connectivity index (χ3n) is 6.81. The molecule has 1 rings (SSSR count). The zero-order chi connectivity index (χ0) is 25.3. The molecule has 0 unspecified atom stereocenters. The first-order chi connectivity index (χ1) is 16.3. The highest BCUT2D eigenvalue weighted by Crippen LogP contribution is 2.37. The normalized spacial score (nSPS) is 25.6. The number of allylic oxidation sites excluding steroid dienone is 3. The third-order valence-corrected chi connectivity index (χ3v) is 6.81. The van der Waals surface area contributed by atoms with Crippen LogP contribution in [0.1, 0.15) is 118 Å². The molecule has 3 atom stereocenters. The lowest BCUT2D eigenvalue weighted by Crippen LogP contribution is -2.63. The van der Waals surface area contributed by atoms with Gasteiger partial charge in [0.15, 0.2) is 6.10 Å². The van der Waals surface area contributed by atoms with Crippen LogP contribution < -0.4 is 0 Å². The fourth-order valence-corrected chi connectivity index (χ4v) is 4.20. The molecule has 1 heterocycles. The Hall–Kier alpha value is -1.17. The third kappa shape index (κ3) is 11.5. The van der Waals surface area contributed by atoms with E-state index in [0.717, 1.165) is 6.42 Å². The van der Waals surface area contributed by atoms with Crippen LogP contribution in [0.25, 0.3) is 0 Å². The number of hydrogen-bond donors (Lipinski definition) is 0. The van der Waals surface area contributed by atoms with Crippen LogP contribution in [0, 0.1) is 5.92 Å². The van der Waals surface area contributed by atoms with E-state index >= 15 is 0 Å². The Morgan fingerprint density at radius 2 is 1.24 bits per heavy atom. The van der Waals surface area contributed by atoms with E-state index in [2.05, 4.69) is 32.1 Å². The highest BCUT2D eigenvalue weighted by Gasteiger charge is 2.57. The van der Waals surface area contributed by atoms with Crippen molar-refractivity contribution in [1.29, 1.82) is 0 Å². The molecule has 0 saturated carbocycles. The van der Waals surface area contributed by atoms with Crippen LogP contribution >= 0.6 is 0 Å². The van der Waals surface area contributed by atoms with Gasteiger partial charge in [0.25, 0.3) is 5.79 Å². The van der Waals surface area contributed by atoms with Crippen molar-refractivity contribution < 1.29 is 23.7 Å². The first-order valence-electron chi connectivity index (χ1n) is 13.6. The van der Waals surface area contributed by atoms with E-state index < -0.39 is 23.6 Å². The summed E-state index contributed by atoms with van der Waals surface area (Å²) in [6.07, 6.45) is 25.7. The molecule has 1 aliphatic heterocycles. The molecule has 0 aromatic heterocycles. The molecule has 0 aromatic rings. The van der Waals surface area contributed by atoms with E-state index in [-0.39, 0.29) is 0 Å². The Morgan fingerprint density at radius 3 is 1.71 bits per heavy atom. The minimum Gasteiger partial charge on any atom is -0.425 e. The first-order valence-corrected chi connectivity index (χ1v) is 13.6. The molecule has 0 radical (unpaired) electrons. The highest BCUT2D eigenvalue weighted by atomic mass is 16.8. The fraction of sp³-hybridized carbons (Fsp3) is 0.828. The summed E-state index contributed by atoms with van der Waals surface area (Å²) in [6.45, 7) is 7.85. The van der Waals surface area contributed by atoms with Gasteiger partial charge in [-0.25, -0.2) is 4.79 Å². The molecule has 0 aromatic carbocycles. The molecule has 5 heteroatoms.